The molecule has 0 unspecified atom stereocenters. The fraction of sp³-hybridized carbons (Fsp3) is 0.125. The van der Waals surface area contributed by atoms with Crippen molar-refractivity contribution in [1.82, 2.24) is 10.2 Å². The van der Waals surface area contributed by atoms with Crippen LogP contribution in [0, 0.1) is 10.1 Å². The number of nitrogens with one attached hydrogen (secondary N) is 1. The van der Waals surface area contributed by atoms with Gasteiger partial charge in [-0.1, -0.05) is 53.9 Å². The molecule has 14 heteroatoms. The number of hydrogen-bond donors (Lipinski definition) is 1. The molecule has 0 aliphatic carbocycles. The number of nitro benzene ring substituents is 1. The highest BCUT2D eigenvalue weighted by Crippen LogP contribution is 2.37. The second-order valence-corrected chi connectivity index (χ2v) is 10.4. The van der Waals surface area contributed by atoms with Gasteiger partial charge in [0.2, 0.25) is 11.5 Å². The Morgan fingerprint density at radius 3 is 2.58 bits per heavy atom. The summed E-state index contributed by atoms with van der Waals surface area (Å²) in [5.41, 5.74) is 0.455. The van der Waals surface area contributed by atoms with E-state index < -0.39 is 22.8 Å². The number of methoxy groups -OCH3 is 1. The summed E-state index contributed by atoms with van der Waals surface area (Å²) in [7, 11) is 1.20. The molecule has 3 aromatic rings. The maximum Gasteiger partial charge on any atom is 0.373 e. The minimum atomic E-state index is -0.733. The number of rotatable bonds is 8. The van der Waals surface area contributed by atoms with E-state index in [-0.39, 0.29) is 47.4 Å². The summed E-state index contributed by atoms with van der Waals surface area (Å²) in [6.45, 7) is -0.265. The lowest BCUT2D eigenvalue weighted by Gasteiger charge is -2.12. The second-order valence-electron chi connectivity index (χ2n) is 7.76. The first-order valence-corrected chi connectivity index (χ1v) is 13.0. The highest BCUT2D eigenvalue weighted by molar-refractivity contribution is 9.11. The number of carbonyl (C=O) groups is 3. The van der Waals surface area contributed by atoms with Crippen molar-refractivity contribution in [3.63, 3.8) is 0 Å². The van der Waals surface area contributed by atoms with Crippen LogP contribution in [0.1, 0.15) is 27.4 Å². The fourth-order valence-corrected chi connectivity index (χ4v) is 5.11. The van der Waals surface area contributed by atoms with E-state index in [9.17, 15) is 24.5 Å². The van der Waals surface area contributed by atoms with Gasteiger partial charge >= 0.3 is 17.7 Å². The molecular weight excluding hydrogens is 698 g/mol. The van der Waals surface area contributed by atoms with Gasteiger partial charge in [0, 0.05) is 30.6 Å². The maximum atomic E-state index is 13.0. The van der Waals surface area contributed by atoms with Gasteiger partial charge in [0.1, 0.15) is 18.1 Å². The third-order valence-corrected chi connectivity index (χ3v) is 6.96. The van der Waals surface area contributed by atoms with Gasteiger partial charge in [-0.2, -0.15) is 0 Å². The molecule has 2 aromatic carbocycles. The Labute approximate surface area is 240 Å². The molecule has 0 radical (unpaired) electrons. The van der Waals surface area contributed by atoms with Crippen LogP contribution >= 0.6 is 47.8 Å². The molecule has 0 spiro atoms. The molecule has 3 amide bonds. The molecule has 1 saturated heterocycles. The zero-order valence-corrected chi connectivity index (χ0v) is 24.1. The molecule has 1 aliphatic rings. The number of benzene rings is 2. The van der Waals surface area contributed by atoms with E-state index in [4.69, 9.17) is 9.15 Å². The maximum absolute atomic E-state index is 13.0. The summed E-state index contributed by atoms with van der Waals surface area (Å²) < 4.78 is 17.7. The molecule has 1 aliphatic heterocycles. The van der Waals surface area contributed by atoms with Crippen LogP contribution in [0.3, 0.4) is 0 Å². The minimum absolute atomic E-state index is 0.0139. The fourth-order valence-electron chi connectivity index (χ4n) is 3.49. The molecule has 0 saturated carbocycles. The highest BCUT2D eigenvalue weighted by Gasteiger charge is 2.35. The number of amides is 3. The lowest BCUT2D eigenvalue weighted by molar-refractivity contribution is -0.386. The van der Waals surface area contributed by atoms with Gasteiger partial charge in [0.05, 0.1) is 18.6 Å². The standard InChI is InChI=1S/C24H16Br3N3O8/c1-36-23(32)20-5-4-16(38-20)10-29-22(31)18(28-24(29)33)7-13-6-15(26)9-19(30(34)35)21(13)37-11-12-2-3-14(25)8-17(12)27/h2-9H,10-11H2,1H3,(H,28,33)/b18-7-. The van der Waals surface area contributed by atoms with Gasteiger partial charge in [0.25, 0.3) is 5.91 Å². The van der Waals surface area contributed by atoms with E-state index in [0.717, 1.165) is 19.4 Å². The van der Waals surface area contributed by atoms with Crippen LogP contribution in [0.5, 0.6) is 5.75 Å². The highest BCUT2D eigenvalue weighted by atomic mass is 79.9. The third kappa shape index (κ3) is 5.97. The summed E-state index contributed by atoms with van der Waals surface area (Å²) in [5.74, 6) is -1.39. The molecular formula is C24H16Br3N3O8. The number of halogens is 3. The van der Waals surface area contributed by atoms with Crippen molar-refractivity contribution in [2.75, 3.05) is 7.11 Å². The smallest absolute Gasteiger partial charge is 0.373 e. The summed E-state index contributed by atoms with van der Waals surface area (Å²) in [6.07, 6.45) is 1.30. The molecule has 4 rings (SSSR count). The molecule has 38 heavy (non-hydrogen) atoms. The van der Waals surface area contributed by atoms with E-state index in [1.165, 1.54) is 37.5 Å². The average Bonchev–Trinajstić information content (AvgIpc) is 3.44. The Bertz CT molecular complexity index is 1500. The van der Waals surface area contributed by atoms with Crippen molar-refractivity contribution >= 4 is 77.5 Å². The van der Waals surface area contributed by atoms with Gasteiger partial charge < -0.3 is 19.2 Å². The number of esters is 1. The van der Waals surface area contributed by atoms with Crippen LogP contribution in [0.4, 0.5) is 10.5 Å². The van der Waals surface area contributed by atoms with E-state index in [1.54, 1.807) is 12.1 Å². The zero-order valence-electron chi connectivity index (χ0n) is 19.3. The quantitative estimate of drug-likeness (QED) is 0.0996. The van der Waals surface area contributed by atoms with E-state index in [2.05, 4.69) is 57.8 Å². The first-order valence-electron chi connectivity index (χ1n) is 10.6. The predicted molar refractivity (Wildman–Crippen MR) is 144 cm³/mol. The number of ether oxygens (including phenoxy) is 2. The number of nitrogens with zero attached hydrogens (tertiary/aromatic N) is 2. The SMILES string of the molecule is COC(=O)c1ccc(CN2C(=O)N/C(=C\c3cc(Br)cc([N+](=O)[O-])c3OCc3ccc(Br)cc3Br)C2=O)o1. The molecule has 0 atom stereocenters. The Morgan fingerprint density at radius 1 is 1.13 bits per heavy atom. The van der Waals surface area contributed by atoms with Crippen molar-refractivity contribution in [3.05, 3.63) is 94.3 Å². The van der Waals surface area contributed by atoms with Crippen molar-refractivity contribution in [1.29, 1.82) is 0 Å². The number of hydrogen-bond acceptors (Lipinski definition) is 8. The summed E-state index contributed by atoms with van der Waals surface area (Å²) in [6, 6.07) is 10.3. The number of carbonyl (C=O) groups excluding carboxylic acids is 3. The Morgan fingerprint density at radius 2 is 1.89 bits per heavy atom. The summed E-state index contributed by atoms with van der Waals surface area (Å²) in [4.78, 5) is 49.3. The normalized spacial score (nSPS) is 14.1. The first kappa shape index (κ1) is 27.5. The minimum Gasteiger partial charge on any atom is -0.481 e. The monoisotopic (exact) mass is 711 g/mol. The summed E-state index contributed by atoms with van der Waals surface area (Å²) >= 11 is 10.1. The lowest BCUT2D eigenvalue weighted by atomic mass is 10.1. The Kier molecular flexibility index (Phi) is 8.33. The molecule has 11 nitrogen and oxygen atoms in total. The van der Waals surface area contributed by atoms with Gasteiger partial charge in [-0.15, -0.1) is 0 Å². The third-order valence-electron chi connectivity index (χ3n) is 5.27. The van der Waals surface area contributed by atoms with Gasteiger partial charge in [0.15, 0.2) is 0 Å². The molecule has 1 fully saturated rings. The van der Waals surface area contributed by atoms with E-state index in [0.29, 0.717) is 4.47 Å². The van der Waals surface area contributed by atoms with Crippen LogP contribution in [0.15, 0.2) is 66.0 Å². The van der Waals surface area contributed by atoms with Crippen LogP contribution in [-0.2, 0) is 22.7 Å². The Hall–Kier alpha value is -3.49. The van der Waals surface area contributed by atoms with Gasteiger partial charge in [-0.25, -0.2) is 9.59 Å². The number of furan rings is 1. The molecule has 1 N–H and O–H groups in total. The number of nitro groups is 1. The molecule has 2 heterocycles. The largest absolute Gasteiger partial charge is 0.481 e. The van der Waals surface area contributed by atoms with E-state index in [1.807, 2.05) is 6.07 Å². The van der Waals surface area contributed by atoms with Crippen molar-refractivity contribution in [2.45, 2.75) is 13.2 Å². The van der Waals surface area contributed by atoms with Crippen molar-refractivity contribution < 1.29 is 33.2 Å². The Balaban J connectivity index is 1.64. The van der Waals surface area contributed by atoms with Crippen molar-refractivity contribution in [2.24, 2.45) is 0 Å². The summed E-state index contributed by atoms with van der Waals surface area (Å²) in [5, 5.41) is 14.3. The van der Waals surface area contributed by atoms with Crippen LogP contribution in [0.2, 0.25) is 0 Å². The van der Waals surface area contributed by atoms with E-state index >= 15 is 0 Å². The van der Waals surface area contributed by atoms with Crippen LogP contribution in [-0.4, -0.2) is 34.8 Å². The number of urea groups is 1. The van der Waals surface area contributed by atoms with Gasteiger partial charge in [-0.05, 0) is 36.4 Å². The second kappa shape index (κ2) is 11.5. The number of imide groups is 1. The molecule has 0 bridgehead atoms. The molecule has 1 aromatic heterocycles. The topological polar surface area (TPSA) is 141 Å². The van der Waals surface area contributed by atoms with Crippen LogP contribution < -0.4 is 10.1 Å². The van der Waals surface area contributed by atoms with Crippen LogP contribution in [0.25, 0.3) is 6.08 Å². The zero-order chi connectivity index (χ0) is 27.6. The molecule has 196 valence electrons. The first-order chi connectivity index (χ1) is 18.1. The average molecular weight is 714 g/mol. The lowest BCUT2D eigenvalue weighted by Crippen LogP contribution is -2.30. The van der Waals surface area contributed by atoms with Crippen molar-refractivity contribution in [3.8, 4) is 5.75 Å². The van der Waals surface area contributed by atoms with Gasteiger partial charge in [-0.3, -0.25) is 19.8 Å². The predicted octanol–water partition coefficient (Wildman–Crippen LogP) is 5.93.